The van der Waals surface area contributed by atoms with Crippen molar-refractivity contribution in [1.82, 2.24) is 4.90 Å². The summed E-state index contributed by atoms with van der Waals surface area (Å²) in [6.45, 7) is 7.66. The molecule has 0 aliphatic carbocycles. The smallest absolute Gasteiger partial charge is 0.0550 e. The lowest BCUT2D eigenvalue weighted by Gasteiger charge is -2.22. The van der Waals surface area contributed by atoms with Crippen LogP contribution in [-0.4, -0.2) is 24.5 Å². The van der Waals surface area contributed by atoms with Crippen LogP contribution in [0.2, 0.25) is 0 Å². The lowest BCUT2D eigenvalue weighted by molar-refractivity contribution is 0.281. The minimum Gasteiger partial charge on any atom is -0.397 e. The maximum Gasteiger partial charge on any atom is 0.0550 e. The molecule has 0 bridgehead atoms. The van der Waals surface area contributed by atoms with Gasteiger partial charge in [0.15, 0.2) is 0 Å². The number of aryl methyl sites for hydroxylation is 1. The molecule has 2 rings (SSSR count). The minimum atomic E-state index is 0.665. The van der Waals surface area contributed by atoms with E-state index in [1.54, 1.807) is 0 Å². The van der Waals surface area contributed by atoms with Crippen LogP contribution in [0.25, 0.3) is 0 Å². The van der Waals surface area contributed by atoms with Crippen LogP contribution in [0.15, 0.2) is 42.5 Å². The average molecular weight is 311 g/mol. The van der Waals surface area contributed by atoms with Gasteiger partial charge in [-0.3, -0.25) is 0 Å². The number of nitrogens with zero attached hydrogens (tertiary/aromatic N) is 1. The average Bonchev–Trinajstić information content (AvgIpc) is 2.55. The Morgan fingerprint density at radius 3 is 2.00 bits per heavy atom. The van der Waals surface area contributed by atoms with Gasteiger partial charge in [0, 0.05) is 13.1 Å². The zero-order valence-corrected chi connectivity index (χ0v) is 14.4. The van der Waals surface area contributed by atoms with E-state index in [9.17, 15) is 0 Å². The van der Waals surface area contributed by atoms with E-state index in [1.807, 2.05) is 12.1 Å². The van der Waals surface area contributed by atoms with Crippen molar-refractivity contribution >= 4 is 11.4 Å². The highest BCUT2D eigenvalue weighted by Crippen LogP contribution is 2.16. The third kappa shape index (κ3) is 5.61. The number of hydrogen-bond donors (Lipinski definition) is 2. The summed E-state index contributed by atoms with van der Waals surface area (Å²) in [5.41, 5.74) is 17.0. The molecule has 0 heterocycles. The molecule has 0 amide bonds. The molecule has 0 saturated heterocycles. The van der Waals surface area contributed by atoms with E-state index in [1.165, 1.54) is 23.1 Å². The number of nitrogens with two attached hydrogens (primary N) is 2. The van der Waals surface area contributed by atoms with E-state index < -0.39 is 0 Å². The van der Waals surface area contributed by atoms with Gasteiger partial charge in [-0.15, -0.1) is 0 Å². The van der Waals surface area contributed by atoms with Gasteiger partial charge in [-0.05, 0) is 56.0 Å². The normalized spacial score (nSPS) is 11.1. The molecule has 4 N–H and O–H groups in total. The van der Waals surface area contributed by atoms with Crippen LogP contribution < -0.4 is 11.5 Å². The molecule has 0 fully saturated rings. The minimum absolute atomic E-state index is 0.665. The second-order valence-corrected chi connectivity index (χ2v) is 6.29. The fraction of sp³-hybridized carbons (Fsp3) is 0.400. The summed E-state index contributed by atoms with van der Waals surface area (Å²) in [5.74, 6) is 0. The van der Waals surface area contributed by atoms with Crippen molar-refractivity contribution in [3.63, 3.8) is 0 Å². The third-order valence-electron chi connectivity index (χ3n) is 4.25. The Labute approximate surface area is 140 Å². The van der Waals surface area contributed by atoms with E-state index in [0.717, 1.165) is 32.5 Å². The highest BCUT2D eigenvalue weighted by atomic mass is 15.1. The fourth-order valence-corrected chi connectivity index (χ4v) is 2.76. The molecule has 0 aliphatic rings. The molecule has 0 aliphatic heterocycles. The maximum absolute atomic E-state index is 5.89. The van der Waals surface area contributed by atoms with Gasteiger partial charge in [0.25, 0.3) is 0 Å². The predicted octanol–water partition coefficient (Wildman–Crippen LogP) is 3.66. The van der Waals surface area contributed by atoms with E-state index >= 15 is 0 Å². The maximum atomic E-state index is 5.89. The number of anilines is 2. The third-order valence-corrected chi connectivity index (χ3v) is 4.25. The molecule has 0 unspecified atom stereocenters. The van der Waals surface area contributed by atoms with Gasteiger partial charge < -0.3 is 16.4 Å². The number of nitrogen functional groups attached to an aromatic ring is 2. The summed E-state index contributed by atoms with van der Waals surface area (Å²) in [7, 11) is 0. The monoisotopic (exact) mass is 311 g/mol. The van der Waals surface area contributed by atoms with E-state index in [4.69, 9.17) is 11.5 Å². The molecular formula is C20H29N3. The Kier molecular flexibility index (Phi) is 6.48. The zero-order valence-electron chi connectivity index (χ0n) is 14.4. The van der Waals surface area contributed by atoms with Gasteiger partial charge >= 0.3 is 0 Å². The molecule has 124 valence electrons. The topological polar surface area (TPSA) is 55.3 Å². The van der Waals surface area contributed by atoms with Gasteiger partial charge in [0.05, 0.1) is 11.4 Å². The first kappa shape index (κ1) is 17.4. The molecule has 23 heavy (non-hydrogen) atoms. The quantitative estimate of drug-likeness (QED) is 0.732. The summed E-state index contributed by atoms with van der Waals surface area (Å²) < 4.78 is 0. The van der Waals surface area contributed by atoms with Crippen LogP contribution in [0.5, 0.6) is 0 Å². The highest BCUT2D eigenvalue weighted by molar-refractivity contribution is 5.63. The first-order valence-corrected chi connectivity index (χ1v) is 8.50. The molecule has 2 aromatic carbocycles. The van der Waals surface area contributed by atoms with Crippen molar-refractivity contribution in [3.05, 3.63) is 59.2 Å². The second-order valence-electron chi connectivity index (χ2n) is 6.29. The Morgan fingerprint density at radius 2 is 1.39 bits per heavy atom. The summed E-state index contributed by atoms with van der Waals surface area (Å²) in [4.78, 5) is 2.53. The number of rotatable bonds is 8. The summed E-state index contributed by atoms with van der Waals surface area (Å²) in [6, 6.07) is 14.8. The van der Waals surface area contributed by atoms with Crippen molar-refractivity contribution in [2.75, 3.05) is 31.1 Å². The van der Waals surface area contributed by atoms with Gasteiger partial charge in [-0.25, -0.2) is 0 Å². The SMILES string of the molecule is CCCN(CCc1ccc(C)cc1)CCc1ccc(N)c(N)c1. The molecule has 3 heteroatoms. The van der Waals surface area contributed by atoms with E-state index in [-0.39, 0.29) is 0 Å². The summed E-state index contributed by atoms with van der Waals surface area (Å²) in [5, 5.41) is 0. The Balaban J connectivity index is 1.87. The van der Waals surface area contributed by atoms with Crippen molar-refractivity contribution in [2.45, 2.75) is 33.1 Å². The second kappa shape index (κ2) is 8.59. The summed E-state index contributed by atoms with van der Waals surface area (Å²) >= 11 is 0. The lowest BCUT2D eigenvalue weighted by Crippen LogP contribution is -2.29. The largest absolute Gasteiger partial charge is 0.397 e. The van der Waals surface area contributed by atoms with Gasteiger partial charge in [-0.1, -0.05) is 42.8 Å². The van der Waals surface area contributed by atoms with Gasteiger partial charge in [0.2, 0.25) is 0 Å². The first-order chi connectivity index (χ1) is 11.1. The van der Waals surface area contributed by atoms with Crippen LogP contribution in [0.4, 0.5) is 11.4 Å². The molecule has 3 nitrogen and oxygen atoms in total. The molecular weight excluding hydrogens is 282 g/mol. The van der Waals surface area contributed by atoms with Gasteiger partial charge in [0.1, 0.15) is 0 Å². The predicted molar refractivity (Wildman–Crippen MR) is 101 cm³/mol. The van der Waals surface area contributed by atoms with E-state index in [0.29, 0.717) is 11.4 Å². The number of benzene rings is 2. The van der Waals surface area contributed by atoms with Crippen molar-refractivity contribution in [2.24, 2.45) is 0 Å². The fourth-order valence-electron chi connectivity index (χ4n) is 2.76. The molecule has 2 aromatic rings. The van der Waals surface area contributed by atoms with Crippen molar-refractivity contribution < 1.29 is 0 Å². The molecule has 0 aromatic heterocycles. The lowest BCUT2D eigenvalue weighted by atomic mass is 10.1. The Bertz CT molecular complexity index is 605. The number of hydrogen-bond acceptors (Lipinski definition) is 3. The zero-order chi connectivity index (χ0) is 16.7. The standard InChI is InChI=1S/C20H29N3/c1-3-12-23(13-10-17-6-4-16(2)5-7-17)14-11-18-8-9-19(21)20(22)15-18/h4-9,15H,3,10-14,21-22H2,1-2H3. The van der Waals surface area contributed by atoms with Crippen LogP contribution in [0.1, 0.15) is 30.0 Å². The highest BCUT2D eigenvalue weighted by Gasteiger charge is 2.06. The van der Waals surface area contributed by atoms with Gasteiger partial charge in [-0.2, -0.15) is 0 Å². The van der Waals surface area contributed by atoms with Crippen LogP contribution in [-0.2, 0) is 12.8 Å². The van der Waals surface area contributed by atoms with Crippen molar-refractivity contribution in [3.8, 4) is 0 Å². The first-order valence-electron chi connectivity index (χ1n) is 8.50. The van der Waals surface area contributed by atoms with Crippen LogP contribution in [0, 0.1) is 6.92 Å². The molecule has 0 atom stereocenters. The van der Waals surface area contributed by atoms with Crippen LogP contribution in [0.3, 0.4) is 0 Å². The summed E-state index contributed by atoms with van der Waals surface area (Å²) in [6.07, 6.45) is 3.29. The molecule has 0 spiro atoms. The Hall–Kier alpha value is -2.00. The Morgan fingerprint density at radius 1 is 0.783 bits per heavy atom. The van der Waals surface area contributed by atoms with Crippen LogP contribution >= 0.6 is 0 Å². The van der Waals surface area contributed by atoms with Crippen molar-refractivity contribution in [1.29, 1.82) is 0 Å². The van der Waals surface area contributed by atoms with E-state index in [2.05, 4.69) is 49.1 Å². The molecule has 0 saturated carbocycles. The molecule has 0 radical (unpaired) electrons.